The van der Waals surface area contributed by atoms with Crippen LogP contribution in [-0.4, -0.2) is 27.6 Å². The van der Waals surface area contributed by atoms with Gasteiger partial charge in [0, 0.05) is 0 Å². The highest BCUT2D eigenvalue weighted by Gasteiger charge is 2.37. The van der Waals surface area contributed by atoms with Gasteiger partial charge in [0.25, 0.3) is 0 Å². The van der Waals surface area contributed by atoms with E-state index in [1.165, 1.54) is 6.92 Å². The van der Waals surface area contributed by atoms with Crippen LogP contribution in [0.15, 0.2) is 0 Å². The zero-order valence-electron chi connectivity index (χ0n) is 5.59. The van der Waals surface area contributed by atoms with Crippen molar-refractivity contribution in [1.29, 1.82) is 5.41 Å². The first-order chi connectivity index (χ1) is 4.45. The normalized spacial score (nSPS) is 15.8. The third-order valence-corrected chi connectivity index (χ3v) is 1.31. The fraction of sp³-hybridized carbons (Fsp3) is 0.600. The summed E-state index contributed by atoms with van der Waals surface area (Å²) in [6.45, 7) is 1.44. The molecule has 0 fully saturated rings. The number of hydrogen-bond acceptors (Lipinski definition) is 3. The van der Waals surface area contributed by atoms with Gasteiger partial charge in [-0.1, -0.05) is 6.92 Å². The first-order valence-electron chi connectivity index (χ1n) is 2.75. The van der Waals surface area contributed by atoms with Gasteiger partial charge in [-0.15, -0.1) is 0 Å². The van der Waals surface area contributed by atoms with Gasteiger partial charge in [-0.05, 0) is 6.42 Å². The number of amidine groups is 1. The zero-order chi connectivity index (χ0) is 8.36. The third kappa shape index (κ3) is 1.24. The van der Waals surface area contributed by atoms with E-state index in [1.807, 2.05) is 0 Å². The standard InChI is InChI=1S/C5H10N2O3/c1-2-5(10,3(6)7)4(8)9/h10H,2H2,1H3,(H3,6,7)(H,8,9). The average Bonchev–Trinajstić information content (AvgIpc) is 1.85. The van der Waals surface area contributed by atoms with Crippen LogP contribution in [0.4, 0.5) is 0 Å². The largest absolute Gasteiger partial charge is 0.479 e. The maximum atomic E-state index is 10.2. The molecule has 5 N–H and O–H groups in total. The molecule has 0 spiro atoms. The van der Waals surface area contributed by atoms with Gasteiger partial charge in [0.05, 0.1) is 0 Å². The second-order valence-corrected chi connectivity index (χ2v) is 1.93. The van der Waals surface area contributed by atoms with Crippen LogP contribution in [0.2, 0.25) is 0 Å². The van der Waals surface area contributed by atoms with Gasteiger partial charge in [-0.3, -0.25) is 5.41 Å². The average molecular weight is 146 g/mol. The highest BCUT2D eigenvalue weighted by molar-refractivity contribution is 6.05. The van der Waals surface area contributed by atoms with E-state index in [2.05, 4.69) is 0 Å². The SMILES string of the molecule is CCC(O)(C(=N)N)C(=O)O. The van der Waals surface area contributed by atoms with Gasteiger partial charge >= 0.3 is 5.97 Å². The molecule has 0 saturated heterocycles. The topological polar surface area (TPSA) is 107 Å². The summed E-state index contributed by atoms with van der Waals surface area (Å²) in [5.74, 6) is -2.22. The summed E-state index contributed by atoms with van der Waals surface area (Å²) < 4.78 is 0. The lowest BCUT2D eigenvalue weighted by molar-refractivity contribution is -0.151. The predicted octanol–water partition coefficient (Wildman–Crippen LogP) is -0.852. The van der Waals surface area contributed by atoms with Crippen molar-refractivity contribution in [3.8, 4) is 0 Å². The highest BCUT2D eigenvalue weighted by atomic mass is 16.4. The molecule has 0 aromatic carbocycles. The van der Waals surface area contributed by atoms with Crippen molar-refractivity contribution in [2.45, 2.75) is 18.9 Å². The fourth-order valence-electron chi connectivity index (χ4n) is 0.457. The zero-order valence-corrected chi connectivity index (χ0v) is 5.59. The van der Waals surface area contributed by atoms with E-state index >= 15 is 0 Å². The first-order valence-corrected chi connectivity index (χ1v) is 2.75. The van der Waals surface area contributed by atoms with Crippen molar-refractivity contribution in [2.24, 2.45) is 5.73 Å². The van der Waals surface area contributed by atoms with Crippen molar-refractivity contribution in [1.82, 2.24) is 0 Å². The summed E-state index contributed by atoms with van der Waals surface area (Å²) in [7, 11) is 0. The van der Waals surface area contributed by atoms with Crippen molar-refractivity contribution in [2.75, 3.05) is 0 Å². The van der Waals surface area contributed by atoms with E-state index in [1.54, 1.807) is 0 Å². The minimum absolute atomic E-state index is 0.0995. The Labute approximate surface area is 58.0 Å². The molecule has 0 aromatic rings. The molecule has 5 heteroatoms. The van der Waals surface area contributed by atoms with Crippen molar-refractivity contribution < 1.29 is 15.0 Å². The van der Waals surface area contributed by atoms with Crippen LogP contribution in [0.25, 0.3) is 0 Å². The molecular weight excluding hydrogens is 136 g/mol. The van der Waals surface area contributed by atoms with Gasteiger partial charge in [-0.2, -0.15) is 0 Å². The summed E-state index contributed by atoms with van der Waals surface area (Å²) in [6.07, 6.45) is -0.0995. The van der Waals surface area contributed by atoms with E-state index in [-0.39, 0.29) is 6.42 Å². The Morgan fingerprint density at radius 2 is 2.20 bits per heavy atom. The Morgan fingerprint density at radius 3 is 2.20 bits per heavy atom. The van der Waals surface area contributed by atoms with Crippen molar-refractivity contribution >= 4 is 11.8 Å². The molecule has 0 saturated carbocycles. The summed E-state index contributed by atoms with van der Waals surface area (Å²) >= 11 is 0. The lowest BCUT2D eigenvalue weighted by atomic mass is 10.0. The van der Waals surface area contributed by atoms with Crippen LogP contribution in [0.5, 0.6) is 0 Å². The fourth-order valence-corrected chi connectivity index (χ4v) is 0.457. The van der Waals surface area contributed by atoms with E-state index in [0.29, 0.717) is 0 Å². The summed E-state index contributed by atoms with van der Waals surface area (Å²) in [6, 6.07) is 0. The van der Waals surface area contributed by atoms with Crippen molar-refractivity contribution in [3.05, 3.63) is 0 Å². The number of aliphatic carboxylic acids is 1. The maximum Gasteiger partial charge on any atom is 0.343 e. The Hall–Kier alpha value is -1.10. The second-order valence-electron chi connectivity index (χ2n) is 1.93. The van der Waals surface area contributed by atoms with Crippen LogP contribution in [-0.2, 0) is 4.79 Å². The summed E-state index contributed by atoms with van der Waals surface area (Å²) in [5.41, 5.74) is 2.65. The van der Waals surface area contributed by atoms with Gasteiger partial charge in [-0.25, -0.2) is 4.79 Å². The van der Waals surface area contributed by atoms with E-state index in [4.69, 9.17) is 21.4 Å². The Morgan fingerprint density at radius 1 is 1.80 bits per heavy atom. The van der Waals surface area contributed by atoms with E-state index in [0.717, 1.165) is 0 Å². The van der Waals surface area contributed by atoms with E-state index < -0.39 is 17.4 Å². The molecule has 0 radical (unpaired) electrons. The van der Waals surface area contributed by atoms with Crippen molar-refractivity contribution in [3.63, 3.8) is 0 Å². The van der Waals surface area contributed by atoms with Gasteiger partial charge in [0.15, 0.2) is 0 Å². The number of carboxylic acids is 1. The smallest absolute Gasteiger partial charge is 0.343 e. The van der Waals surface area contributed by atoms with Gasteiger partial charge in [0.2, 0.25) is 5.60 Å². The maximum absolute atomic E-state index is 10.2. The molecule has 0 amide bonds. The number of rotatable bonds is 3. The highest BCUT2D eigenvalue weighted by Crippen LogP contribution is 2.08. The number of hydrogen-bond donors (Lipinski definition) is 4. The lowest BCUT2D eigenvalue weighted by Crippen LogP contribution is -2.49. The summed E-state index contributed by atoms with van der Waals surface area (Å²) in [4.78, 5) is 10.2. The molecule has 0 aliphatic heterocycles. The number of aliphatic hydroxyl groups is 1. The van der Waals surface area contributed by atoms with Crippen LogP contribution in [0.3, 0.4) is 0 Å². The second kappa shape index (κ2) is 2.66. The molecule has 0 heterocycles. The number of nitrogens with two attached hydrogens (primary N) is 1. The minimum atomic E-state index is -2.18. The van der Waals surface area contributed by atoms with Gasteiger partial charge < -0.3 is 15.9 Å². The van der Waals surface area contributed by atoms with Crippen LogP contribution in [0.1, 0.15) is 13.3 Å². The Kier molecular flexibility index (Phi) is 2.36. The first kappa shape index (κ1) is 8.90. The van der Waals surface area contributed by atoms with Crippen LogP contribution in [0, 0.1) is 5.41 Å². The van der Waals surface area contributed by atoms with Crippen LogP contribution >= 0.6 is 0 Å². The third-order valence-electron chi connectivity index (χ3n) is 1.31. The molecular formula is C5H10N2O3. The molecule has 0 aliphatic carbocycles. The minimum Gasteiger partial charge on any atom is -0.479 e. The van der Waals surface area contributed by atoms with E-state index in [9.17, 15) is 4.79 Å². The molecule has 0 aromatic heterocycles. The van der Waals surface area contributed by atoms with Gasteiger partial charge in [0.1, 0.15) is 5.84 Å². The quantitative estimate of drug-likeness (QED) is 0.307. The number of carbonyl (C=O) groups is 1. The van der Waals surface area contributed by atoms with Crippen LogP contribution < -0.4 is 5.73 Å². The number of nitrogens with one attached hydrogen (secondary N) is 1. The Balaban J connectivity index is 4.55. The molecule has 1 atom stereocenters. The molecule has 0 bridgehead atoms. The Bertz CT molecular complexity index is 152. The molecule has 1 unspecified atom stereocenters. The summed E-state index contributed by atoms with van der Waals surface area (Å²) in [5, 5.41) is 24.1. The predicted molar refractivity (Wildman–Crippen MR) is 34.8 cm³/mol. The monoisotopic (exact) mass is 146 g/mol. The molecule has 0 aliphatic rings. The molecule has 10 heavy (non-hydrogen) atoms. The number of carboxylic acid groups (broad SMARTS) is 1. The molecule has 58 valence electrons. The molecule has 5 nitrogen and oxygen atoms in total. The lowest BCUT2D eigenvalue weighted by Gasteiger charge is -2.18. The molecule has 0 rings (SSSR count).